The molecule has 0 amide bonds. The number of halogens is 1. The van der Waals surface area contributed by atoms with E-state index in [2.05, 4.69) is 4.90 Å². The third-order valence-corrected chi connectivity index (χ3v) is 8.07. The minimum atomic E-state index is -3.23. The van der Waals surface area contributed by atoms with Gasteiger partial charge in [0.2, 0.25) is 0 Å². The van der Waals surface area contributed by atoms with Gasteiger partial charge in [0.25, 0.3) is 0 Å². The SMILES string of the molecule is CCN(CC)C(C)C(CC)(C(=O)O)c1ccc(N(CCS(C)(=O)=O)CCS(C)(=O)=O)cc1.Cl. The van der Waals surface area contributed by atoms with E-state index in [-0.39, 0.29) is 43.0 Å². The maximum atomic E-state index is 12.5. The molecular formula is C22H39ClN2O6S2. The molecule has 0 aliphatic rings. The van der Waals surface area contributed by atoms with Crippen LogP contribution in [0.4, 0.5) is 5.69 Å². The highest BCUT2D eigenvalue weighted by atomic mass is 35.5. The summed E-state index contributed by atoms with van der Waals surface area (Å²) in [5.41, 5.74) is 0.225. The van der Waals surface area contributed by atoms with Crippen LogP contribution in [0.5, 0.6) is 0 Å². The first-order chi connectivity index (χ1) is 14.7. The van der Waals surface area contributed by atoms with Gasteiger partial charge in [0.1, 0.15) is 25.1 Å². The topological polar surface area (TPSA) is 112 Å². The van der Waals surface area contributed by atoms with Gasteiger partial charge in [-0.15, -0.1) is 12.4 Å². The first-order valence-corrected chi connectivity index (χ1v) is 15.0. The third-order valence-electron chi connectivity index (χ3n) is 6.22. The maximum absolute atomic E-state index is 12.5. The molecule has 1 aromatic rings. The number of hydrogen-bond acceptors (Lipinski definition) is 7. The second kappa shape index (κ2) is 12.9. The van der Waals surface area contributed by atoms with Crippen LogP contribution >= 0.6 is 12.4 Å². The van der Waals surface area contributed by atoms with Crippen LogP contribution in [-0.4, -0.2) is 89.0 Å². The van der Waals surface area contributed by atoms with Gasteiger partial charge in [-0.3, -0.25) is 9.69 Å². The van der Waals surface area contributed by atoms with E-state index in [4.69, 9.17) is 0 Å². The summed E-state index contributed by atoms with van der Waals surface area (Å²) in [5.74, 6) is -1.10. The van der Waals surface area contributed by atoms with Crippen LogP contribution < -0.4 is 4.90 Å². The molecule has 1 aromatic carbocycles. The summed E-state index contributed by atoms with van der Waals surface area (Å²) in [6.07, 6.45) is 2.69. The first-order valence-electron chi connectivity index (χ1n) is 10.9. The molecule has 0 aromatic heterocycles. The molecule has 1 N–H and O–H groups in total. The van der Waals surface area contributed by atoms with Gasteiger partial charge in [-0.2, -0.15) is 0 Å². The van der Waals surface area contributed by atoms with E-state index in [1.165, 1.54) is 0 Å². The number of hydrogen-bond donors (Lipinski definition) is 1. The second-order valence-electron chi connectivity index (χ2n) is 8.32. The van der Waals surface area contributed by atoms with E-state index in [1.54, 1.807) is 29.2 Å². The fourth-order valence-electron chi connectivity index (χ4n) is 4.17. The molecule has 0 fully saturated rings. The normalized spacial score (nSPS) is 14.9. The summed E-state index contributed by atoms with van der Waals surface area (Å²) in [5, 5.41) is 10.2. The van der Waals surface area contributed by atoms with Crippen LogP contribution in [0.1, 0.15) is 39.7 Å². The molecule has 8 nitrogen and oxygen atoms in total. The number of carbonyl (C=O) groups is 1. The smallest absolute Gasteiger partial charge is 0.315 e. The fourth-order valence-corrected chi connectivity index (χ4v) is 5.27. The molecule has 192 valence electrons. The van der Waals surface area contributed by atoms with Crippen molar-refractivity contribution in [3.8, 4) is 0 Å². The average molecular weight is 527 g/mol. The molecule has 0 heterocycles. The van der Waals surface area contributed by atoms with Gasteiger partial charge < -0.3 is 10.0 Å². The highest BCUT2D eigenvalue weighted by Gasteiger charge is 2.45. The predicted molar refractivity (Wildman–Crippen MR) is 137 cm³/mol. The van der Waals surface area contributed by atoms with Crippen LogP contribution in [0.25, 0.3) is 0 Å². The van der Waals surface area contributed by atoms with Crippen LogP contribution in [0.15, 0.2) is 24.3 Å². The molecule has 0 saturated carbocycles. The number of carboxylic acids is 1. The minimum Gasteiger partial charge on any atom is -0.481 e. The standard InChI is InChI=1S/C22H38N2O6S2.ClH/c1-7-22(21(25)26,18(4)23(8-2)9-3)19-10-12-20(13-11-19)24(14-16-31(5,27)28)15-17-32(6,29)30;/h10-13,18H,7-9,14-17H2,1-6H3,(H,25,26);1H. The number of carboxylic acid groups (broad SMARTS) is 1. The van der Waals surface area contributed by atoms with E-state index in [0.717, 1.165) is 25.6 Å². The van der Waals surface area contributed by atoms with Gasteiger partial charge in [0.05, 0.1) is 11.5 Å². The van der Waals surface area contributed by atoms with Crippen molar-refractivity contribution in [3.63, 3.8) is 0 Å². The highest BCUT2D eigenvalue weighted by Crippen LogP contribution is 2.36. The molecule has 0 aliphatic heterocycles. The molecule has 2 atom stereocenters. The molecule has 1 rings (SSSR count). The fraction of sp³-hybridized carbons (Fsp3) is 0.682. The number of anilines is 1. The van der Waals surface area contributed by atoms with Crippen LogP contribution in [0, 0.1) is 0 Å². The second-order valence-corrected chi connectivity index (χ2v) is 12.8. The summed E-state index contributed by atoms with van der Waals surface area (Å²) in [6, 6.07) is 6.80. The number of rotatable bonds is 14. The van der Waals surface area contributed by atoms with E-state index in [1.807, 2.05) is 27.7 Å². The summed E-state index contributed by atoms with van der Waals surface area (Å²) in [6.45, 7) is 9.59. The predicted octanol–water partition coefficient (Wildman–Crippen LogP) is 2.47. The van der Waals surface area contributed by atoms with Crippen molar-refractivity contribution in [2.75, 3.05) is 55.1 Å². The van der Waals surface area contributed by atoms with Crippen molar-refractivity contribution < 1.29 is 26.7 Å². The molecule has 0 saturated heterocycles. The van der Waals surface area contributed by atoms with Gasteiger partial charge in [0.15, 0.2) is 0 Å². The molecule has 0 spiro atoms. The molecule has 2 unspecified atom stereocenters. The maximum Gasteiger partial charge on any atom is 0.315 e. The Kier molecular flexibility index (Phi) is 12.4. The lowest BCUT2D eigenvalue weighted by Crippen LogP contribution is -2.53. The van der Waals surface area contributed by atoms with Crippen molar-refractivity contribution in [1.29, 1.82) is 0 Å². The number of aliphatic carboxylic acids is 1. The Morgan fingerprint density at radius 1 is 0.939 bits per heavy atom. The largest absolute Gasteiger partial charge is 0.481 e. The Labute approximate surface area is 205 Å². The average Bonchev–Trinajstić information content (AvgIpc) is 2.69. The van der Waals surface area contributed by atoms with E-state index >= 15 is 0 Å². The van der Waals surface area contributed by atoms with Crippen molar-refractivity contribution >= 4 is 43.7 Å². The summed E-state index contributed by atoms with van der Waals surface area (Å²) >= 11 is 0. The minimum absolute atomic E-state index is 0. The van der Waals surface area contributed by atoms with E-state index < -0.39 is 31.1 Å². The van der Waals surface area contributed by atoms with Crippen LogP contribution in [0.3, 0.4) is 0 Å². The summed E-state index contributed by atoms with van der Waals surface area (Å²) in [4.78, 5) is 16.3. The Balaban J connectivity index is 0.0000102. The van der Waals surface area contributed by atoms with E-state index in [9.17, 15) is 26.7 Å². The van der Waals surface area contributed by atoms with Gasteiger partial charge in [-0.1, -0.05) is 32.9 Å². The van der Waals surface area contributed by atoms with E-state index in [0.29, 0.717) is 17.7 Å². The highest BCUT2D eigenvalue weighted by molar-refractivity contribution is 7.90. The van der Waals surface area contributed by atoms with Crippen molar-refractivity contribution in [3.05, 3.63) is 29.8 Å². The quantitative estimate of drug-likeness (QED) is 0.393. The Bertz CT molecular complexity index is 927. The van der Waals surface area contributed by atoms with Gasteiger partial charge in [-0.25, -0.2) is 16.8 Å². The molecular weight excluding hydrogens is 488 g/mol. The molecule has 0 aliphatic carbocycles. The van der Waals surface area contributed by atoms with Gasteiger partial charge in [0, 0.05) is 37.3 Å². The van der Waals surface area contributed by atoms with Gasteiger partial charge in [-0.05, 0) is 44.1 Å². The number of nitrogens with zero attached hydrogens (tertiary/aromatic N) is 2. The summed E-state index contributed by atoms with van der Waals surface area (Å²) in [7, 11) is -6.46. The lowest BCUT2D eigenvalue weighted by Gasteiger charge is -2.41. The Morgan fingerprint density at radius 3 is 1.67 bits per heavy atom. The van der Waals surface area contributed by atoms with Crippen molar-refractivity contribution in [2.45, 2.75) is 45.6 Å². The lowest BCUT2D eigenvalue weighted by atomic mass is 9.72. The van der Waals surface area contributed by atoms with Gasteiger partial charge >= 0.3 is 5.97 Å². The molecule has 33 heavy (non-hydrogen) atoms. The molecule has 0 bridgehead atoms. The van der Waals surface area contributed by atoms with Crippen molar-refractivity contribution in [1.82, 2.24) is 4.90 Å². The Morgan fingerprint density at radius 2 is 1.36 bits per heavy atom. The summed E-state index contributed by atoms with van der Waals surface area (Å²) < 4.78 is 46.6. The zero-order chi connectivity index (χ0) is 24.7. The zero-order valence-electron chi connectivity index (χ0n) is 20.4. The Hall–Kier alpha value is -1.36. The monoisotopic (exact) mass is 526 g/mol. The number of sulfone groups is 2. The molecule has 0 radical (unpaired) electrons. The van der Waals surface area contributed by atoms with Crippen LogP contribution in [-0.2, 0) is 29.9 Å². The first kappa shape index (κ1) is 31.6. The van der Waals surface area contributed by atoms with Crippen LogP contribution in [0.2, 0.25) is 0 Å². The zero-order valence-corrected chi connectivity index (χ0v) is 22.9. The lowest BCUT2D eigenvalue weighted by molar-refractivity contribution is -0.147. The number of benzene rings is 1. The number of likely N-dealkylation sites (N-methyl/N-ethyl adjacent to an activating group) is 1. The van der Waals surface area contributed by atoms with Crippen molar-refractivity contribution in [2.24, 2.45) is 0 Å². The third kappa shape index (κ3) is 8.73. The molecule has 11 heteroatoms.